The maximum Gasteiger partial charge on any atom is 0.327 e. The second kappa shape index (κ2) is 6.74. The van der Waals surface area contributed by atoms with Crippen molar-refractivity contribution in [3.8, 4) is 11.8 Å². The summed E-state index contributed by atoms with van der Waals surface area (Å²) in [4.78, 5) is 22.7. The summed E-state index contributed by atoms with van der Waals surface area (Å²) < 4.78 is 5.39. The first kappa shape index (κ1) is 14.8. The summed E-state index contributed by atoms with van der Waals surface area (Å²) in [6.45, 7) is 0. The minimum atomic E-state index is -0.371. The van der Waals surface area contributed by atoms with E-state index < -0.39 is 0 Å². The fourth-order valence-corrected chi connectivity index (χ4v) is 2.20. The molecule has 0 spiro atoms. The van der Waals surface area contributed by atoms with E-state index in [1.54, 1.807) is 24.3 Å². The molecule has 0 saturated heterocycles. The number of carbonyl (C=O) groups excluding carboxylic acids is 1. The Morgan fingerprint density at radius 3 is 2.30 bits per heavy atom. The van der Waals surface area contributed by atoms with Gasteiger partial charge in [-0.1, -0.05) is 0 Å². The molecule has 2 rings (SSSR count). The van der Waals surface area contributed by atoms with Crippen molar-refractivity contribution in [3.63, 3.8) is 0 Å². The second-order valence-corrected chi connectivity index (χ2v) is 5.21. The number of nitrogens with two attached hydrogens (primary N) is 1. The van der Waals surface area contributed by atoms with E-state index in [1.165, 1.54) is 11.8 Å². The number of ether oxygens (including phenoxy) is 1. The Balaban J connectivity index is 2.04. The van der Waals surface area contributed by atoms with Crippen LogP contribution in [-0.4, -0.2) is 26.6 Å². The Hall–Kier alpha value is -1.57. The predicted molar refractivity (Wildman–Crippen MR) is 76.3 cm³/mol. The van der Waals surface area contributed by atoms with Crippen LogP contribution in [0.15, 0.2) is 29.2 Å². The number of thioether (sulfide) groups is 1. The van der Waals surface area contributed by atoms with Crippen molar-refractivity contribution in [1.29, 1.82) is 0 Å². The third kappa shape index (κ3) is 4.52. The first-order chi connectivity index (χ1) is 9.52. The number of benzene rings is 1. The highest BCUT2D eigenvalue weighted by Crippen LogP contribution is 2.24. The molecule has 1 aromatic heterocycles. The van der Waals surface area contributed by atoms with E-state index in [0.29, 0.717) is 5.75 Å². The Kier molecular flexibility index (Phi) is 4.99. The summed E-state index contributed by atoms with van der Waals surface area (Å²) in [5, 5.41) is -0.0951. The van der Waals surface area contributed by atoms with Crippen LogP contribution < -0.4 is 10.5 Å². The highest BCUT2D eigenvalue weighted by atomic mass is 35.5. The molecule has 0 atom stereocenters. The molecule has 1 heterocycles. The van der Waals surface area contributed by atoms with E-state index in [-0.39, 0.29) is 28.2 Å². The van der Waals surface area contributed by atoms with Crippen LogP contribution in [0.1, 0.15) is 0 Å². The molecule has 2 aromatic rings. The van der Waals surface area contributed by atoms with Gasteiger partial charge in [-0.05, 0) is 47.5 Å². The smallest absolute Gasteiger partial charge is 0.327 e. The maximum atomic E-state index is 10.7. The van der Waals surface area contributed by atoms with Crippen molar-refractivity contribution in [1.82, 2.24) is 15.0 Å². The van der Waals surface area contributed by atoms with Crippen molar-refractivity contribution in [2.24, 2.45) is 5.73 Å². The van der Waals surface area contributed by atoms with Gasteiger partial charge in [-0.3, -0.25) is 4.79 Å². The van der Waals surface area contributed by atoms with Gasteiger partial charge in [0, 0.05) is 4.90 Å². The number of halogens is 2. The molecular weight excluding hydrogens is 323 g/mol. The Morgan fingerprint density at radius 1 is 1.15 bits per heavy atom. The fraction of sp³-hybridized carbons (Fsp3) is 0.0909. The molecule has 0 radical (unpaired) electrons. The third-order valence-electron chi connectivity index (χ3n) is 1.97. The standard InChI is InChI=1S/C11H8Cl2N4O2S/c12-9-15-10(13)17-11(16-9)19-6-1-3-7(4-2-6)20-5-8(14)18/h1-4H,5H2,(H2,14,18). The molecule has 104 valence electrons. The highest BCUT2D eigenvalue weighted by molar-refractivity contribution is 8.00. The van der Waals surface area contributed by atoms with E-state index in [1.807, 2.05) is 0 Å². The Morgan fingerprint density at radius 2 is 1.75 bits per heavy atom. The SMILES string of the molecule is NC(=O)CSc1ccc(Oc2nc(Cl)nc(Cl)n2)cc1. The van der Waals surface area contributed by atoms with Crippen molar-refractivity contribution in [3.05, 3.63) is 34.8 Å². The monoisotopic (exact) mass is 330 g/mol. The molecule has 1 aromatic carbocycles. The molecule has 0 fully saturated rings. The number of hydrogen-bond acceptors (Lipinski definition) is 6. The molecule has 6 nitrogen and oxygen atoms in total. The van der Waals surface area contributed by atoms with E-state index in [4.69, 9.17) is 33.7 Å². The molecule has 1 amide bonds. The predicted octanol–water partition coefficient (Wildman–Crippen LogP) is 2.55. The molecule has 0 unspecified atom stereocenters. The molecule has 0 saturated carbocycles. The summed E-state index contributed by atoms with van der Waals surface area (Å²) in [5.41, 5.74) is 5.07. The first-order valence-corrected chi connectivity index (χ1v) is 7.03. The van der Waals surface area contributed by atoms with Gasteiger partial charge in [0.25, 0.3) is 0 Å². The summed E-state index contributed by atoms with van der Waals surface area (Å²) in [7, 11) is 0. The van der Waals surface area contributed by atoms with Crippen molar-refractivity contribution in [2.75, 3.05) is 5.75 Å². The number of hydrogen-bond donors (Lipinski definition) is 1. The molecule has 20 heavy (non-hydrogen) atoms. The lowest BCUT2D eigenvalue weighted by Gasteiger charge is -2.05. The largest absolute Gasteiger partial charge is 0.424 e. The first-order valence-electron chi connectivity index (χ1n) is 5.29. The van der Waals surface area contributed by atoms with E-state index in [0.717, 1.165) is 4.90 Å². The average molecular weight is 331 g/mol. The lowest BCUT2D eigenvalue weighted by molar-refractivity contribution is -0.115. The van der Waals surface area contributed by atoms with Gasteiger partial charge in [0.2, 0.25) is 16.5 Å². The summed E-state index contributed by atoms with van der Waals surface area (Å²) in [5.74, 6) is 0.357. The van der Waals surface area contributed by atoms with Crippen LogP contribution in [0.5, 0.6) is 11.8 Å². The van der Waals surface area contributed by atoms with Gasteiger partial charge in [-0.15, -0.1) is 11.8 Å². The fourth-order valence-electron chi connectivity index (χ4n) is 1.22. The summed E-state index contributed by atoms with van der Waals surface area (Å²) >= 11 is 12.6. The van der Waals surface area contributed by atoms with Gasteiger partial charge in [0.15, 0.2) is 0 Å². The van der Waals surface area contributed by atoms with Gasteiger partial charge in [0.1, 0.15) is 5.75 Å². The quantitative estimate of drug-likeness (QED) is 0.847. The zero-order chi connectivity index (χ0) is 14.5. The average Bonchev–Trinajstić information content (AvgIpc) is 2.36. The van der Waals surface area contributed by atoms with E-state index in [9.17, 15) is 4.79 Å². The van der Waals surface area contributed by atoms with Crippen LogP contribution >= 0.6 is 35.0 Å². The van der Waals surface area contributed by atoms with E-state index in [2.05, 4.69) is 15.0 Å². The number of nitrogens with zero attached hydrogens (tertiary/aromatic N) is 3. The molecule has 0 bridgehead atoms. The topological polar surface area (TPSA) is 91.0 Å². The Bertz CT molecular complexity index is 604. The molecule has 0 aliphatic heterocycles. The number of amides is 1. The lowest BCUT2D eigenvalue weighted by atomic mass is 10.3. The van der Waals surface area contributed by atoms with Crippen LogP contribution in [0, 0.1) is 0 Å². The Labute approximate surface area is 128 Å². The third-order valence-corrected chi connectivity index (χ3v) is 3.35. The number of carbonyl (C=O) groups is 1. The molecule has 2 N–H and O–H groups in total. The number of rotatable bonds is 5. The van der Waals surface area contributed by atoms with Crippen LogP contribution in [0.2, 0.25) is 10.6 Å². The van der Waals surface area contributed by atoms with Crippen molar-refractivity contribution < 1.29 is 9.53 Å². The highest BCUT2D eigenvalue weighted by Gasteiger charge is 2.06. The van der Waals surface area contributed by atoms with Crippen molar-refractivity contribution in [2.45, 2.75) is 4.90 Å². The zero-order valence-corrected chi connectivity index (χ0v) is 12.2. The number of aromatic nitrogens is 3. The van der Waals surface area contributed by atoms with Crippen molar-refractivity contribution >= 4 is 40.9 Å². The van der Waals surface area contributed by atoms with Gasteiger partial charge in [-0.25, -0.2) is 0 Å². The van der Waals surface area contributed by atoms with Gasteiger partial charge < -0.3 is 10.5 Å². The minimum absolute atomic E-state index is 0.00698. The maximum absolute atomic E-state index is 10.7. The van der Waals surface area contributed by atoms with Crippen LogP contribution in [0.3, 0.4) is 0 Å². The van der Waals surface area contributed by atoms with Gasteiger partial charge >= 0.3 is 6.01 Å². The summed E-state index contributed by atoms with van der Waals surface area (Å²) in [6, 6.07) is 6.98. The zero-order valence-electron chi connectivity index (χ0n) is 9.92. The van der Waals surface area contributed by atoms with Crippen LogP contribution in [0.4, 0.5) is 0 Å². The summed E-state index contributed by atoms with van der Waals surface area (Å²) in [6.07, 6.45) is 0. The molecule has 9 heteroatoms. The lowest BCUT2D eigenvalue weighted by Crippen LogP contribution is -2.12. The van der Waals surface area contributed by atoms with E-state index >= 15 is 0 Å². The van der Waals surface area contributed by atoms with Gasteiger partial charge in [0.05, 0.1) is 5.75 Å². The molecule has 0 aliphatic carbocycles. The normalized spacial score (nSPS) is 10.3. The minimum Gasteiger partial charge on any atom is -0.424 e. The number of primary amides is 1. The second-order valence-electron chi connectivity index (χ2n) is 3.48. The molecule has 0 aliphatic rings. The van der Waals surface area contributed by atoms with Crippen LogP contribution in [0.25, 0.3) is 0 Å². The molecular formula is C11H8Cl2N4O2S. The van der Waals surface area contributed by atoms with Crippen LogP contribution in [-0.2, 0) is 4.79 Å². The van der Waals surface area contributed by atoms with Gasteiger partial charge in [-0.2, -0.15) is 15.0 Å².